The molecule has 2 aromatic rings. The SMILES string of the molecule is O=C(Cc1ccc(S(=O)(=O)N2CCOCC2)s1)N1CCC[C@@H]1c1cccs1. The highest BCUT2D eigenvalue weighted by atomic mass is 32.2. The van der Waals surface area contributed by atoms with Crippen molar-refractivity contribution < 1.29 is 17.9 Å². The van der Waals surface area contributed by atoms with Gasteiger partial charge in [0.25, 0.3) is 10.0 Å². The van der Waals surface area contributed by atoms with E-state index in [1.165, 1.54) is 20.5 Å². The Morgan fingerprint density at radius 2 is 2.00 bits per heavy atom. The molecule has 0 saturated carbocycles. The van der Waals surface area contributed by atoms with Crippen LogP contribution >= 0.6 is 22.7 Å². The topological polar surface area (TPSA) is 66.9 Å². The lowest BCUT2D eigenvalue weighted by atomic mass is 10.2. The maximum absolute atomic E-state index is 12.8. The Hall–Kier alpha value is -1.26. The highest BCUT2D eigenvalue weighted by molar-refractivity contribution is 7.91. The van der Waals surface area contributed by atoms with Crippen LogP contribution in [0.5, 0.6) is 0 Å². The van der Waals surface area contributed by atoms with Gasteiger partial charge in [0.2, 0.25) is 5.91 Å². The smallest absolute Gasteiger partial charge is 0.252 e. The van der Waals surface area contributed by atoms with E-state index in [0.717, 1.165) is 24.3 Å². The van der Waals surface area contributed by atoms with Crippen molar-refractivity contribution in [2.24, 2.45) is 0 Å². The average Bonchev–Trinajstić information content (AvgIpc) is 3.42. The normalized spacial score (nSPS) is 21.6. The molecule has 0 unspecified atom stereocenters. The molecule has 146 valence electrons. The van der Waals surface area contributed by atoms with Gasteiger partial charge in [0.1, 0.15) is 4.21 Å². The zero-order chi connectivity index (χ0) is 18.9. The van der Waals surface area contributed by atoms with Gasteiger partial charge in [-0.25, -0.2) is 8.42 Å². The number of hydrogen-bond acceptors (Lipinski definition) is 6. The van der Waals surface area contributed by atoms with Gasteiger partial charge in [0, 0.05) is 29.4 Å². The molecule has 4 heterocycles. The fourth-order valence-corrected chi connectivity index (χ4v) is 7.38. The van der Waals surface area contributed by atoms with Crippen molar-refractivity contribution in [3.8, 4) is 0 Å². The molecule has 0 radical (unpaired) electrons. The first-order valence-electron chi connectivity index (χ1n) is 9.05. The number of carbonyl (C=O) groups excluding carboxylic acids is 1. The van der Waals surface area contributed by atoms with Gasteiger partial charge in [-0.3, -0.25) is 4.79 Å². The van der Waals surface area contributed by atoms with Crippen LogP contribution in [0.15, 0.2) is 33.9 Å². The summed E-state index contributed by atoms with van der Waals surface area (Å²) >= 11 is 2.89. The standard InChI is InChI=1S/C18H22N2O4S3/c21-17(20-7-1-3-15(20)16-4-2-12-25-16)13-14-5-6-18(26-14)27(22,23)19-8-10-24-11-9-19/h2,4-6,12,15H,1,3,7-11,13H2/t15-/m1/s1. The summed E-state index contributed by atoms with van der Waals surface area (Å²) in [6.07, 6.45) is 2.26. The number of amides is 1. The third-order valence-corrected chi connectivity index (χ3v) is 9.40. The van der Waals surface area contributed by atoms with Crippen LogP contribution in [0.3, 0.4) is 0 Å². The van der Waals surface area contributed by atoms with E-state index in [0.29, 0.717) is 30.5 Å². The van der Waals surface area contributed by atoms with Crippen molar-refractivity contribution in [2.75, 3.05) is 32.8 Å². The predicted octanol–water partition coefficient (Wildman–Crippen LogP) is 2.74. The van der Waals surface area contributed by atoms with Crippen LogP contribution in [-0.2, 0) is 26.0 Å². The molecular weight excluding hydrogens is 404 g/mol. The first kappa shape index (κ1) is 19.1. The number of hydrogen-bond donors (Lipinski definition) is 0. The minimum Gasteiger partial charge on any atom is -0.379 e. The number of ether oxygens (including phenoxy) is 1. The zero-order valence-corrected chi connectivity index (χ0v) is 17.3. The molecule has 4 rings (SSSR count). The number of morpholine rings is 1. The average molecular weight is 427 g/mol. The molecule has 2 aliphatic rings. The fourth-order valence-electron chi connectivity index (χ4n) is 3.60. The highest BCUT2D eigenvalue weighted by Crippen LogP contribution is 2.35. The van der Waals surface area contributed by atoms with E-state index >= 15 is 0 Å². The van der Waals surface area contributed by atoms with Crippen LogP contribution in [0.4, 0.5) is 0 Å². The van der Waals surface area contributed by atoms with Crippen molar-refractivity contribution in [3.63, 3.8) is 0 Å². The molecule has 0 aliphatic carbocycles. The third-order valence-electron chi connectivity index (χ3n) is 4.97. The summed E-state index contributed by atoms with van der Waals surface area (Å²) in [6.45, 7) is 2.38. The van der Waals surface area contributed by atoms with Crippen LogP contribution in [0.2, 0.25) is 0 Å². The van der Waals surface area contributed by atoms with Gasteiger partial charge in [-0.2, -0.15) is 4.31 Å². The third kappa shape index (κ3) is 3.97. The Bertz CT molecular complexity index is 886. The second-order valence-electron chi connectivity index (χ2n) is 6.67. The fraction of sp³-hybridized carbons (Fsp3) is 0.500. The van der Waals surface area contributed by atoms with Crippen molar-refractivity contribution in [1.29, 1.82) is 0 Å². The first-order valence-corrected chi connectivity index (χ1v) is 12.2. The molecule has 2 saturated heterocycles. The summed E-state index contributed by atoms with van der Waals surface area (Å²) in [5, 5.41) is 2.04. The van der Waals surface area contributed by atoms with Crippen LogP contribution in [0.25, 0.3) is 0 Å². The number of likely N-dealkylation sites (tertiary alicyclic amines) is 1. The molecular formula is C18H22N2O4S3. The van der Waals surface area contributed by atoms with Gasteiger partial charge in [0.15, 0.2) is 0 Å². The lowest BCUT2D eigenvalue weighted by molar-refractivity contribution is -0.131. The van der Waals surface area contributed by atoms with Crippen molar-refractivity contribution in [3.05, 3.63) is 39.4 Å². The zero-order valence-electron chi connectivity index (χ0n) is 14.9. The molecule has 1 atom stereocenters. The van der Waals surface area contributed by atoms with E-state index in [1.807, 2.05) is 16.3 Å². The maximum Gasteiger partial charge on any atom is 0.252 e. The van der Waals surface area contributed by atoms with Crippen LogP contribution < -0.4 is 0 Å². The molecule has 0 aromatic carbocycles. The van der Waals surface area contributed by atoms with E-state index in [2.05, 4.69) is 6.07 Å². The minimum absolute atomic E-state index is 0.0723. The maximum atomic E-state index is 12.8. The summed E-state index contributed by atoms with van der Waals surface area (Å²) in [5.74, 6) is 0.0723. The summed E-state index contributed by atoms with van der Waals surface area (Å²) < 4.78 is 32.5. The van der Waals surface area contributed by atoms with Gasteiger partial charge in [-0.1, -0.05) is 6.07 Å². The molecule has 2 aromatic heterocycles. The van der Waals surface area contributed by atoms with Crippen molar-refractivity contribution in [2.45, 2.75) is 29.5 Å². The molecule has 6 nitrogen and oxygen atoms in total. The Balaban J connectivity index is 1.45. The van der Waals surface area contributed by atoms with Gasteiger partial charge >= 0.3 is 0 Å². The Kier molecular flexibility index (Phi) is 5.65. The summed E-state index contributed by atoms with van der Waals surface area (Å²) in [4.78, 5) is 16.8. The van der Waals surface area contributed by atoms with Gasteiger partial charge in [-0.05, 0) is 36.4 Å². The molecule has 0 spiro atoms. The Morgan fingerprint density at radius 3 is 2.74 bits per heavy atom. The molecule has 0 N–H and O–H groups in total. The number of nitrogens with zero attached hydrogens (tertiary/aromatic N) is 2. The lowest BCUT2D eigenvalue weighted by Gasteiger charge is -2.25. The lowest BCUT2D eigenvalue weighted by Crippen LogP contribution is -2.40. The molecule has 27 heavy (non-hydrogen) atoms. The molecule has 1 amide bonds. The largest absolute Gasteiger partial charge is 0.379 e. The van der Waals surface area contributed by atoms with Gasteiger partial charge < -0.3 is 9.64 Å². The van der Waals surface area contributed by atoms with Crippen molar-refractivity contribution in [1.82, 2.24) is 9.21 Å². The first-order chi connectivity index (χ1) is 13.1. The van der Waals surface area contributed by atoms with Crippen LogP contribution in [0.1, 0.15) is 28.6 Å². The van der Waals surface area contributed by atoms with Crippen molar-refractivity contribution >= 4 is 38.6 Å². The van der Waals surface area contributed by atoms with E-state index in [4.69, 9.17) is 4.74 Å². The predicted molar refractivity (Wildman–Crippen MR) is 106 cm³/mol. The highest BCUT2D eigenvalue weighted by Gasteiger charge is 2.32. The van der Waals surface area contributed by atoms with E-state index in [1.54, 1.807) is 23.5 Å². The number of carbonyl (C=O) groups is 1. The van der Waals surface area contributed by atoms with Gasteiger partial charge in [-0.15, -0.1) is 22.7 Å². The second kappa shape index (κ2) is 8.00. The minimum atomic E-state index is -3.49. The van der Waals surface area contributed by atoms with Crippen LogP contribution in [0, 0.1) is 0 Å². The number of sulfonamides is 1. The molecule has 2 fully saturated rings. The molecule has 9 heteroatoms. The quantitative estimate of drug-likeness (QED) is 0.737. The molecule has 0 bridgehead atoms. The summed E-state index contributed by atoms with van der Waals surface area (Å²) in [6, 6.07) is 7.65. The Morgan fingerprint density at radius 1 is 1.19 bits per heavy atom. The second-order valence-corrected chi connectivity index (χ2v) is 11.0. The monoisotopic (exact) mass is 426 g/mol. The summed E-state index contributed by atoms with van der Waals surface area (Å²) in [5.41, 5.74) is 0. The number of rotatable bonds is 5. The van der Waals surface area contributed by atoms with Crippen LogP contribution in [-0.4, -0.2) is 56.4 Å². The van der Waals surface area contributed by atoms with Gasteiger partial charge in [0.05, 0.1) is 25.7 Å². The molecule has 2 aliphatic heterocycles. The van der Waals surface area contributed by atoms with E-state index in [-0.39, 0.29) is 18.4 Å². The Labute approximate surface area is 167 Å². The van der Waals surface area contributed by atoms with E-state index < -0.39 is 10.0 Å². The van der Waals surface area contributed by atoms with E-state index in [9.17, 15) is 13.2 Å². The summed E-state index contributed by atoms with van der Waals surface area (Å²) in [7, 11) is -3.49. The number of thiophene rings is 2.